The molecule has 6 nitrogen and oxygen atoms in total. The van der Waals surface area contributed by atoms with E-state index in [0.717, 1.165) is 66.4 Å². The van der Waals surface area contributed by atoms with Gasteiger partial charge in [0, 0.05) is 53.2 Å². The Balaban J connectivity index is 1.18. The molecule has 0 N–H and O–H groups in total. The van der Waals surface area contributed by atoms with Gasteiger partial charge in [-0.2, -0.15) is 5.26 Å². The third-order valence-corrected chi connectivity index (χ3v) is 12.2. The molecule has 0 bridgehead atoms. The first-order valence-electron chi connectivity index (χ1n) is 19.5. The lowest BCUT2D eigenvalue weighted by atomic mass is 9.99. The lowest BCUT2D eigenvalue weighted by Gasteiger charge is -2.16. The van der Waals surface area contributed by atoms with Crippen molar-refractivity contribution < 1.29 is 0 Å². The van der Waals surface area contributed by atoms with Gasteiger partial charge in [-0.25, -0.2) is 19.8 Å². The monoisotopic (exact) mass is 782 g/mol. The van der Waals surface area contributed by atoms with Crippen LogP contribution in [0.1, 0.15) is 5.56 Å². The maximum Gasteiger partial charge on any atom is 0.189 e. The van der Waals surface area contributed by atoms with Crippen molar-refractivity contribution >= 4 is 59.0 Å². The second kappa shape index (κ2) is 14.3. The Morgan fingerprint density at radius 3 is 1.80 bits per heavy atom. The lowest BCUT2D eigenvalue weighted by Crippen LogP contribution is -2.04. The fraction of sp³-hybridized carbons (Fsp3) is 0. The molecule has 11 aromatic rings. The smallest absolute Gasteiger partial charge is 0.189 e. The minimum absolute atomic E-state index is 0.435. The summed E-state index contributed by atoms with van der Waals surface area (Å²) >= 11 is 1.81. The van der Waals surface area contributed by atoms with Crippen molar-refractivity contribution in [2.45, 2.75) is 0 Å². The number of nitriles is 1. The van der Waals surface area contributed by atoms with Crippen LogP contribution in [-0.2, 0) is 0 Å². The highest BCUT2D eigenvalue weighted by molar-refractivity contribution is 7.25. The van der Waals surface area contributed by atoms with Gasteiger partial charge in [0.1, 0.15) is 0 Å². The van der Waals surface area contributed by atoms with Crippen LogP contribution in [0.4, 0.5) is 5.69 Å². The van der Waals surface area contributed by atoms with E-state index < -0.39 is 0 Å². The van der Waals surface area contributed by atoms with Crippen LogP contribution in [0, 0.1) is 17.9 Å². The summed E-state index contributed by atoms with van der Waals surface area (Å²) < 4.78 is 4.82. The van der Waals surface area contributed by atoms with Crippen molar-refractivity contribution in [1.82, 2.24) is 19.5 Å². The number of nitrogens with zero attached hydrogens (tertiary/aromatic N) is 6. The van der Waals surface area contributed by atoms with Crippen molar-refractivity contribution in [2.75, 3.05) is 0 Å². The second-order valence-corrected chi connectivity index (χ2v) is 15.7. The summed E-state index contributed by atoms with van der Waals surface area (Å²) in [5.74, 6) is 1.74. The standard InChI is InChI=1S/C53H30N6S/c1-55-40-27-33(32-54)26-39(28-40)38-21-23-47-43(29-38)41-16-8-10-18-46(41)59(47)48-24-20-36(37-22-25-50-44(30-37)42-17-9-11-19-49(42)60-50)31-45(48)53-57-51(34-12-4-2-5-13-34)56-52(58-53)35-14-6-3-7-15-35/h2-31H. The van der Waals surface area contributed by atoms with Crippen molar-refractivity contribution in [3.05, 3.63) is 199 Å². The van der Waals surface area contributed by atoms with E-state index in [1.54, 1.807) is 6.07 Å². The number of para-hydroxylation sites is 1. The molecule has 0 spiro atoms. The SMILES string of the molecule is [C-]#[N+]c1cc(C#N)cc(-c2ccc3c(c2)c2ccccc2n3-c2ccc(-c3ccc4sc5ccccc5c4c3)cc2-c2nc(-c3ccccc3)nc(-c3ccccc3)n2)c1. The van der Waals surface area contributed by atoms with Crippen LogP contribution >= 0.6 is 11.3 Å². The quantitative estimate of drug-likeness (QED) is 0.158. The summed E-state index contributed by atoms with van der Waals surface area (Å²) in [6.07, 6.45) is 0. The molecular weight excluding hydrogens is 753 g/mol. The first-order chi connectivity index (χ1) is 29.6. The van der Waals surface area contributed by atoms with E-state index in [2.05, 4.69) is 119 Å². The lowest BCUT2D eigenvalue weighted by molar-refractivity contribution is 1.06. The van der Waals surface area contributed by atoms with Gasteiger partial charge in [0.05, 0.1) is 29.4 Å². The van der Waals surface area contributed by atoms with Crippen LogP contribution in [-0.4, -0.2) is 19.5 Å². The fourth-order valence-electron chi connectivity index (χ4n) is 8.24. The topological polar surface area (TPSA) is 71.8 Å². The zero-order chi connectivity index (χ0) is 40.2. The van der Waals surface area contributed by atoms with Gasteiger partial charge in [-0.15, -0.1) is 11.3 Å². The van der Waals surface area contributed by atoms with Gasteiger partial charge in [0.15, 0.2) is 23.2 Å². The summed E-state index contributed by atoms with van der Waals surface area (Å²) in [6, 6.07) is 64.4. The summed E-state index contributed by atoms with van der Waals surface area (Å²) in [5, 5.41) is 14.4. The maximum atomic E-state index is 9.76. The van der Waals surface area contributed by atoms with E-state index in [4.69, 9.17) is 21.5 Å². The Labute approximate surface area is 349 Å². The van der Waals surface area contributed by atoms with Gasteiger partial charge in [0.2, 0.25) is 0 Å². The molecule has 0 fully saturated rings. The van der Waals surface area contributed by atoms with E-state index in [0.29, 0.717) is 28.7 Å². The van der Waals surface area contributed by atoms with E-state index in [1.807, 2.05) is 84.1 Å². The van der Waals surface area contributed by atoms with Crippen LogP contribution in [0.25, 0.3) is 109 Å². The van der Waals surface area contributed by atoms with Crippen molar-refractivity contribution in [2.24, 2.45) is 0 Å². The van der Waals surface area contributed by atoms with Gasteiger partial charge < -0.3 is 4.57 Å². The van der Waals surface area contributed by atoms with E-state index in [1.165, 1.54) is 20.2 Å². The summed E-state index contributed by atoms with van der Waals surface area (Å²) in [4.78, 5) is 19.2. The highest BCUT2D eigenvalue weighted by Gasteiger charge is 2.21. The van der Waals surface area contributed by atoms with Crippen molar-refractivity contribution in [1.29, 1.82) is 5.26 Å². The van der Waals surface area contributed by atoms with Crippen LogP contribution in [0.15, 0.2) is 182 Å². The van der Waals surface area contributed by atoms with Crippen LogP contribution in [0.3, 0.4) is 0 Å². The Kier molecular flexibility index (Phi) is 8.34. The van der Waals surface area contributed by atoms with Crippen molar-refractivity contribution in [3.8, 4) is 68.2 Å². The third-order valence-electron chi connectivity index (χ3n) is 11.1. The molecule has 278 valence electrons. The van der Waals surface area contributed by atoms with Crippen molar-refractivity contribution in [3.63, 3.8) is 0 Å². The molecule has 0 aliphatic carbocycles. The molecule has 8 aromatic carbocycles. The molecule has 7 heteroatoms. The van der Waals surface area contributed by atoms with Crippen LogP contribution in [0.2, 0.25) is 0 Å². The predicted octanol–water partition coefficient (Wildman–Crippen LogP) is 14.1. The Morgan fingerprint density at radius 2 is 1.05 bits per heavy atom. The van der Waals surface area contributed by atoms with Crippen LogP contribution in [0.5, 0.6) is 0 Å². The molecule has 0 atom stereocenters. The highest BCUT2D eigenvalue weighted by Crippen LogP contribution is 2.41. The minimum Gasteiger partial charge on any atom is -0.309 e. The normalized spacial score (nSPS) is 11.3. The number of hydrogen-bond acceptors (Lipinski definition) is 5. The summed E-state index contributed by atoms with van der Waals surface area (Å²) in [5.41, 5.74) is 10.4. The molecule has 60 heavy (non-hydrogen) atoms. The second-order valence-electron chi connectivity index (χ2n) is 14.7. The van der Waals surface area contributed by atoms with Gasteiger partial charge >= 0.3 is 0 Å². The van der Waals surface area contributed by atoms with Gasteiger partial charge in [-0.1, -0.05) is 115 Å². The number of thiophene rings is 1. The Morgan fingerprint density at radius 1 is 0.467 bits per heavy atom. The molecule has 0 radical (unpaired) electrons. The van der Waals surface area contributed by atoms with Gasteiger partial charge in [-0.05, 0) is 89.0 Å². The molecule has 0 aliphatic heterocycles. The Bertz CT molecular complexity index is 3480. The minimum atomic E-state index is 0.435. The van der Waals surface area contributed by atoms with E-state index >= 15 is 0 Å². The number of aromatic nitrogens is 4. The number of fused-ring (bicyclic) bond motifs is 6. The average Bonchev–Trinajstić information content (AvgIpc) is 3.86. The average molecular weight is 783 g/mol. The first kappa shape index (κ1) is 35.0. The third kappa shape index (κ3) is 5.97. The largest absolute Gasteiger partial charge is 0.309 e. The number of rotatable bonds is 6. The molecule has 0 amide bonds. The first-order valence-corrected chi connectivity index (χ1v) is 20.3. The molecule has 11 rings (SSSR count). The summed E-state index contributed by atoms with van der Waals surface area (Å²) in [6.45, 7) is 7.66. The Hall–Kier alpha value is -8.23. The number of hydrogen-bond donors (Lipinski definition) is 0. The molecule has 0 saturated carbocycles. The maximum absolute atomic E-state index is 9.76. The molecule has 3 heterocycles. The fourth-order valence-corrected chi connectivity index (χ4v) is 9.33. The van der Waals surface area contributed by atoms with E-state index in [9.17, 15) is 5.26 Å². The zero-order valence-electron chi connectivity index (χ0n) is 31.9. The van der Waals surface area contributed by atoms with Crippen LogP contribution < -0.4 is 0 Å². The zero-order valence-corrected chi connectivity index (χ0v) is 32.7. The molecule has 3 aromatic heterocycles. The highest BCUT2D eigenvalue weighted by atomic mass is 32.1. The predicted molar refractivity (Wildman–Crippen MR) is 245 cm³/mol. The summed E-state index contributed by atoms with van der Waals surface area (Å²) in [7, 11) is 0. The molecule has 0 saturated heterocycles. The number of benzene rings is 8. The molecule has 0 unspecified atom stereocenters. The molecular formula is C53H30N6S. The van der Waals surface area contributed by atoms with E-state index in [-0.39, 0.29) is 0 Å². The molecule has 0 aliphatic rings. The van der Waals surface area contributed by atoms with Gasteiger partial charge in [-0.3, -0.25) is 0 Å². The van der Waals surface area contributed by atoms with Gasteiger partial charge in [0.25, 0.3) is 0 Å².